The zero-order valence-electron chi connectivity index (χ0n) is 18.6. The van der Waals surface area contributed by atoms with Gasteiger partial charge in [0.15, 0.2) is 16.6 Å². The lowest BCUT2D eigenvalue weighted by molar-refractivity contribution is 0.0799. The number of hydrogen-bond donors (Lipinski definition) is 1. The first-order chi connectivity index (χ1) is 15.8. The minimum absolute atomic E-state index is 0.112. The predicted molar refractivity (Wildman–Crippen MR) is 132 cm³/mol. The number of rotatable bonds is 9. The Kier molecular flexibility index (Phi) is 8.18. The van der Waals surface area contributed by atoms with E-state index in [2.05, 4.69) is 10.3 Å². The fourth-order valence-corrected chi connectivity index (χ4v) is 4.55. The van der Waals surface area contributed by atoms with Crippen molar-refractivity contribution in [2.24, 2.45) is 0 Å². The molecule has 0 radical (unpaired) electrons. The highest BCUT2D eigenvalue weighted by Crippen LogP contribution is 2.40. The molecule has 7 nitrogen and oxygen atoms in total. The summed E-state index contributed by atoms with van der Waals surface area (Å²) >= 11 is 13.5. The van der Waals surface area contributed by atoms with E-state index in [-0.39, 0.29) is 33.6 Å². The number of carbonyl (C=O) groups is 2. The van der Waals surface area contributed by atoms with Crippen LogP contribution in [0.3, 0.4) is 0 Å². The van der Waals surface area contributed by atoms with Crippen LogP contribution in [0.1, 0.15) is 38.9 Å². The van der Waals surface area contributed by atoms with E-state index in [0.29, 0.717) is 33.0 Å². The average molecular weight is 508 g/mol. The van der Waals surface area contributed by atoms with Gasteiger partial charge in [0.05, 0.1) is 36.7 Å². The Hall–Kier alpha value is -2.81. The quantitative estimate of drug-likeness (QED) is 0.361. The summed E-state index contributed by atoms with van der Waals surface area (Å²) in [6, 6.07) is 8.01. The van der Waals surface area contributed by atoms with E-state index in [4.69, 9.17) is 32.7 Å². The molecule has 33 heavy (non-hydrogen) atoms. The third-order valence-electron chi connectivity index (χ3n) is 4.81. The van der Waals surface area contributed by atoms with Crippen molar-refractivity contribution in [1.82, 2.24) is 9.88 Å². The molecule has 0 spiro atoms. The van der Waals surface area contributed by atoms with Crippen LogP contribution in [0.15, 0.2) is 36.5 Å². The smallest absolute Gasteiger partial charge is 0.265 e. The van der Waals surface area contributed by atoms with Crippen LogP contribution in [0.5, 0.6) is 11.5 Å². The van der Waals surface area contributed by atoms with Gasteiger partial charge in [-0.15, -0.1) is 0 Å². The molecule has 3 rings (SSSR count). The molecule has 0 aliphatic carbocycles. The number of nitrogens with zero attached hydrogens (tertiary/aromatic N) is 2. The van der Waals surface area contributed by atoms with Gasteiger partial charge in [-0.05, 0) is 36.8 Å². The normalized spacial score (nSPS) is 10.6. The maximum Gasteiger partial charge on any atom is 0.265 e. The van der Waals surface area contributed by atoms with Crippen LogP contribution in [-0.4, -0.2) is 49.4 Å². The number of methoxy groups -OCH3 is 2. The maximum absolute atomic E-state index is 13.5. The second-order valence-corrected chi connectivity index (χ2v) is 8.93. The van der Waals surface area contributed by atoms with Gasteiger partial charge in [-0.3, -0.25) is 9.59 Å². The molecule has 174 valence electrons. The first kappa shape index (κ1) is 24.8. The van der Waals surface area contributed by atoms with Gasteiger partial charge < -0.3 is 19.7 Å². The highest BCUT2D eigenvalue weighted by Gasteiger charge is 2.25. The summed E-state index contributed by atoms with van der Waals surface area (Å²) < 4.78 is 10.9. The molecule has 0 atom stereocenters. The molecule has 0 bridgehead atoms. The summed E-state index contributed by atoms with van der Waals surface area (Å²) in [5, 5.41) is 4.22. The lowest BCUT2D eigenvalue weighted by atomic mass is 9.99. The number of thiazole rings is 1. The largest absolute Gasteiger partial charge is 0.493 e. The Balaban J connectivity index is 2.03. The topological polar surface area (TPSA) is 80.8 Å². The number of ether oxygens (including phenoxy) is 2. The van der Waals surface area contributed by atoms with Gasteiger partial charge in [0.25, 0.3) is 5.91 Å². The monoisotopic (exact) mass is 507 g/mol. The number of aromatic nitrogens is 1. The SMILES string of the molecule is CCCN(C)C(=O)c1cnc(Nc2ccc(OC)c(OC)c2C(=O)c2ccc(Cl)cc2Cl)s1. The first-order valence-electron chi connectivity index (χ1n) is 10.0. The van der Waals surface area contributed by atoms with Crippen LogP contribution in [0, 0.1) is 0 Å². The Morgan fingerprint density at radius 3 is 2.55 bits per heavy atom. The standard InChI is InChI=1S/C23H23Cl2N3O4S/c1-5-10-28(2)22(30)18-12-26-23(33-18)27-16-8-9-17(31-3)21(32-4)19(16)20(29)14-7-6-13(24)11-15(14)25/h6-9,11-12H,5,10H2,1-4H3,(H,26,27). The van der Waals surface area contributed by atoms with Crippen molar-refractivity contribution in [3.63, 3.8) is 0 Å². The van der Waals surface area contributed by atoms with Crippen molar-refractivity contribution in [3.8, 4) is 11.5 Å². The number of amides is 1. The van der Waals surface area contributed by atoms with E-state index < -0.39 is 0 Å². The number of anilines is 2. The van der Waals surface area contributed by atoms with Crippen LogP contribution >= 0.6 is 34.5 Å². The Labute approximate surface area is 206 Å². The fourth-order valence-electron chi connectivity index (χ4n) is 3.24. The van der Waals surface area contributed by atoms with Gasteiger partial charge in [0.1, 0.15) is 4.88 Å². The van der Waals surface area contributed by atoms with E-state index in [1.807, 2.05) is 6.92 Å². The Morgan fingerprint density at radius 2 is 1.91 bits per heavy atom. The van der Waals surface area contributed by atoms with E-state index in [1.54, 1.807) is 36.2 Å². The third kappa shape index (κ3) is 5.40. The van der Waals surface area contributed by atoms with Crippen LogP contribution in [-0.2, 0) is 0 Å². The van der Waals surface area contributed by atoms with Crippen LogP contribution in [0.25, 0.3) is 0 Å². The second-order valence-electron chi connectivity index (χ2n) is 7.06. The highest BCUT2D eigenvalue weighted by molar-refractivity contribution is 7.17. The van der Waals surface area contributed by atoms with Crippen LogP contribution < -0.4 is 14.8 Å². The number of carbonyl (C=O) groups excluding carboxylic acids is 2. The summed E-state index contributed by atoms with van der Waals surface area (Å²) in [6.07, 6.45) is 2.37. The zero-order valence-corrected chi connectivity index (χ0v) is 20.9. The molecule has 0 aliphatic heterocycles. The minimum Gasteiger partial charge on any atom is -0.493 e. The lowest BCUT2D eigenvalue weighted by Gasteiger charge is -2.17. The summed E-state index contributed by atoms with van der Waals surface area (Å²) in [4.78, 5) is 32.5. The highest BCUT2D eigenvalue weighted by atomic mass is 35.5. The van der Waals surface area contributed by atoms with E-state index in [0.717, 1.165) is 6.42 Å². The minimum atomic E-state index is -0.384. The van der Waals surface area contributed by atoms with Gasteiger partial charge in [-0.1, -0.05) is 41.5 Å². The van der Waals surface area contributed by atoms with Gasteiger partial charge in [0, 0.05) is 24.2 Å². The van der Waals surface area contributed by atoms with Gasteiger partial charge in [0.2, 0.25) is 5.78 Å². The molecule has 1 amide bonds. The molecule has 1 N–H and O–H groups in total. The Morgan fingerprint density at radius 1 is 1.15 bits per heavy atom. The van der Waals surface area contributed by atoms with Crippen molar-refractivity contribution in [3.05, 3.63) is 62.6 Å². The van der Waals surface area contributed by atoms with Crippen molar-refractivity contribution in [2.45, 2.75) is 13.3 Å². The number of halogens is 2. The molecule has 0 saturated heterocycles. The van der Waals surface area contributed by atoms with E-state index in [9.17, 15) is 9.59 Å². The molecular weight excluding hydrogens is 485 g/mol. The number of ketones is 1. The van der Waals surface area contributed by atoms with Gasteiger partial charge in [-0.25, -0.2) is 4.98 Å². The first-order valence-corrected chi connectivity index (χ1v) is 11.6. The molecule has 0 aliphatic rings. The lowest BCUT2D eigenvalue weighted by Crippen LogP contribution is -2.26. The van der Waals surface area contributed by atoms with E-state index >= 15 is 0 Å². The molecule has 2 aromatic carbocycles. The summed E-state index contributed by atoms with van der Waals surface area (Å²) in [7, 11) is 4.69. The van der Waals surface area contributed by atoms with Gasteiger partial charge >= 0.3 is 0 Å². The summed E-state index contributed by atoms with van der Waals surface area (Å²) in [5.74, 6) is 0.131. The molecule has 0 fully saturated rings. The second kappa shape index (κ2) is 10.9. The number of nitrogens with one attached hydrogen (secondary N) is 1. The molecular formula is C23H23Cl2N3O4S. The summed E-state index contributed by atoms with van der Waals surface area (Å²) in [6.45, 7) is 2.65. The van der Waals surface area contributed by atoms with Crippen LogP contribution in [0.2, 0.25) is 10.0 Å². The molecule has 3 aromatic rings. The van der Waals surface area contributed by atoms with Crippen LogP contribution in [0.4, 0.5) is 10.8 Å². The Bertz CT molecular complexity index is 1180. The molecule has 0 saturated carbocycles. The number of hydrogen-bond acceptors (Lipinski definition) is 7. The van der Waals surface area contributed by atoms with E-state index in [1.165, 1.54) is 37.8 Å². The fraction of sp³-hybridized carbons (Fsp3) is 0.261. The molecule has 0 unspecified atom stereocenters. The van der Waals surface area contributed by atoms with Crippen molar-refractivity contribution in [2.75, 3.05) is 33.1 Å². The molecule has 1 heterocycles. The van der Waals surface area contributed by atoms with Gasteiger partial charge in [-0.2, -0.15) is 0 Å². The summed E-state index contributed by atoms with van der Waals surface area (Å²) in [5.41, 5.74) is 0.901. The average Bonchev–Trinajstić information content (AvgIpc) is 3.26. The molecule has 1 aromatic heterocycles. The van der Waals surface area contributed by atoms with Crippen molar-refractivity contribution < 1.29 is 19.1 Å². The maximum atomic E-state index is 13.5. The zero-order chi connectivity index (χ0) is 24.1. The third-order valence-corrected chi connectivity index (χ3v) is 6.26. The molecule has 10 heteroatoms. The van der Waals surface area contributed by atoms with Crippen molar-refractivity contribution >= 4 is 57.0 Å². The van der Waals surface area contributed by atoms with Crippen molar-refractivity contribution in [1.29, 1.82) is 0 Å². The predicted octanol–water partition coefficient (Wildman–Crippen LogP) is 5.92. The number of benzene rings is 2.